The maximum Gasteiger partial charge on any atom is 0.0577 e. The van der Waals surface area contributed by atoms with Crippen LogP contribution in [0.15, 0.2) is 22.8 Å². The highest BCUT2D eigenvalue weighted by Crippen LogP contribution is 2.67. The number of aliphatic hydroxyl groups is 2. The Kier molecular flexibility index (Phi) is 5.84. The Morgan fingerprint density at radius 2 is 1.72 bits per heavy atom. The van der Waals surface area contributed by atoms with Crippen LogP contribution in [0, 0.1) is 34.5 Å². The van der Waals surface area contributed by atoms with Gasteiger partial charge in [-0.25, -0.2) is 0 Å². The van der Waals surface area contributed by atoms with Gasteiger partial charge in [-0.2, -0.15) is 0 Å². The van der Waals surface area contributed by atoms with Crippen LogP contribution in [-0.4, -0.2) is 22.4 Å². The van der Waals surface area contributed by atoms with E-state index in [1.165, 1.54) is 44.1 Å². The van der Waals surface area contributed by atoms with Crippen LogP contribution in [0.1, 0.15) is 98.8 Å². The van der Waals surface area contributed by atoms with Gasteiger partial charge in [-0.3, -0.25) is 0 Å². The highest BCUT2D eigenvalue weighted by molar-refractivity contribution is 5.29. The summed E-state index contributed by atoms with van der Waals surface area (Å²) < 4.78 is 0. The number of fused-ring (bicyclic) bond motifs is 5. The lowest BCUT2D eigenvalue weighted by molar-refractivity contribution is -0.164. The Morgan fingerprint density at radius 1 is 0.966 bits per heavy atom. The van der Waals surface area contributed by atoms with Gasteiger partial charge in [0, 0.05) is 0 Å². The first-order valence-electron chi connectivity index (χ1n) is 12.4. The Hall–Kier alpha value is -0.600. The minimum absolute atomic E-state index is 0.197. The van der Waals surface area contributed by atoms with E-state index in [1.54, 1.807) is 11.1 Å². The van der Waals surface area contributed by atoms with Crippen molar-refractivity contribution in [1.29, 1.82) is 0 Å². The van der Waals surface area contributed by atoms with Gasteiger partial charge >= 0.3 is 0 Å². The highest BCUT2D eigenvalue weighted by Gasteiger charge is 2.61. The lowest BCUT2D eigenvalue weighted by Crippen LogP contribution is -2.57. The van der Waals surface area contributed by atoms with E-state index >= 15 is 0 Å². The van der Waals surface area contributed by atoms with Crippen molar-refractivity contribution in [2.75, 3.05) is 0 Å². The van der Waals surface area contributed by atoms with Crippen LogP contribution in [0.3, 0.4) is 0 Å². The van der Waals surface area contributed by atoms with Gasteiger partial charge in [0.1, 0.15) is 0 Å². The molecular weight excluding hydrogens is 356 g/mol. The first-order chi connectivity index (χ1) is 13.7. The van der Waals surface area contributed by atoms with Gasteiger partial charge in [0.25, 0.3) is 0 Å². The maximum absolute atomic E-state index is 11.1. The molecule has 164 valence electrons. The topological polar surface area (TPSA) is 40.5 Å². The molecule has 4 aliphatic carbocycles. The predicted octanol–water partition coefficient (Wildman–Crippen LogP) is 6.42. The van der Waals surface area contributed by atoms with Crippen molar-refractivity contribution in [3.05, 3.63) is 22.8 Å². The molecule has 0 aromatic heterocycles. The monoisotopic (exact) mass is 400 g/mol. The lowest BCUT2D eigenvalue weighted by atomic mass is 9.44. The fourth-order valence-corrected chi connectivity index (χ4v) is 8.52. The number of hydrogen-bond acceptors (Lipinski definition) is 2. The zero-order chi connectivity index (χ0) is 21.0. The Balaban J connectivity index is 1.58. The molecule has 0 unspecified atom stereocenters. The molecule has 4 saturated carbocycles. The summed E-state index contributed by atoms with van der Waals surface area (Å²) >= 11 is 0. The van der Waals surface area contributed by atoms with Gasteiger partial charge < -0.3 is 10.2 Å². The molecule has 0 aromatic rings. The van der Waals surface area contributed by atoms with Gasteiger partial charge in [-0.1, -0.05) is 36.6 Å². The Morgan fingerprint density at radius 3 is 2.45 bits per heavy atom. The summed E-state index contributed by atoms with van der Waals surface area (Å²) in [5.41, 5.74) is 5.42. The van der Waals surface area contributed by atoms with E-state index < -0.39 is 0 Å². The molecule has 2 nitrogen and oxygen atoms in total. The molecule has 29 heavy (non-hydrogen) atoms. The number of aliphatic hydroxyl groups excluding tert-OH is 2. The molecule has 0 heterocycles. The molecular formula is C27H44O2. The van der Waals surface area contributed by atoms with E-state index in [-0.39, 0.29) is 17.6 Å². The molecule has 0 aliphatic heterocycles. The van der Waals surface area contributed by atoms with Crippen molar-refractivity contribution >= 4 is 0 Å². The zero-order valence-electron chi connectivity index (χ0n) is 19.5. The second kappa shape index (κ2) is 7.83. The van der Waals surface area contributed by atoms with Crippen molar-refractivity contribution < 1.29 is 10.2 Å². The maximum atomic E-state index is 11.1. The molecule has 4 rings (SSSR count). The van der Waals surface area contributed by atoms with Gasteiger partial charge in [-0.15, -0.1) is 0 Å². The third kappa shape index (κ3) is 3.57. The summed E-state index contributed by atoms with van der Waals surface area (Å²) in [5.74, 6) is 2.46. The van der Waals surface area contributed by atoms with Gasteiger partial charge in [-0.05, 0) is 119 Å². The molecule has 0 amide bonds. The SMILES string of the molecule is CC(C)=CCC/C(C)=C1/CC[C@H]2[C@@H]3C[C@H](O)[C@H]4C[C@@H](O)CC[C@]4(C)[C@H]3CC[C@]12C. The summed E-state index contributed by atoms with van der Waals surface area (Å²) in [6, 6.07) is 0. The van der Waals surface area contributed by atoms with Crippen LogP contribution in [0.25, 0.3) is 0 Å². The molecule has 0 saturated heterocycles. The van der Waals surface area contributed by atoms with E-state index in [0.717, 1.165) is 37.5 Å². The van der Waals surface area contributed by atoms with E-state index in [9.17, 15) is 10.2 Å². The van der Waals surface area contributed by atoms with Crippen molar-refractivity contribution in [2.45, 2.75) is 111 Å². The van der Waals surface area contributed by atoms with Crippen molar-refractivity contribution in [3.8, 4) is 0 Å². The number of hydrogen-bond donors (Lipinski definition) is 2. The largest absolute Gasteiger partial charge is 0.393 e. The number of allylic oxidation sites excluding steroid dienone is 4. The van der Waals surface area contributed by atoms with E-state index in [4.69, 9.17) is 0 Å². The Bertz CT molecular complexity index is 687. The molecule has 0 bridgehead atoms. The van der Waals surface area contributed by atoms with Crippen LogP contribution in [0.2, 0.25) is 0 Å². The number of rotatable bonds is 3. The van der Waals surface area contributed by atoms with Crippen LogP contribution in [0.5, 0.6) is 0 Å². The van der Waals surface area contributed by atoms with E-state index in [2.05, 4.69) is 40.7 Å². The first kappa shape index (κ1) is 21.6. The second-order valence-corrected chi connectivity index (χ2v) is 11.8. The quantitative estimate of drug-likeness (QED) is 0.536. The standard InChI is InChI=1S/C27H44O2/c1-17(2)7-6-8-18(3)21-9-10-22-20-16-25(29)24-15-19(28)11-13-27(24,5)23(20)12-14-26(21,22)4/h7,19-20,22-25,28-29H,6,8-16H2,1-5H3/b21-18-/t19-,20-,22-,23-,24+,25-,26+,27+/m0/s1. The smallest absolute Gasteiger partial charge is 0.0577 e. The van der Waals surface area contributed by atoms with Crippen LogP contribution >= 0.6 is 0 Å². The minimum Gasteiger partial charge on any atom is -0.393 e. The first-order valence-corrected chi connectivity index (χ1v) is 12.4. The third-order valence-corrected chi connectivity index (χ3v) is 10.0. The lowest BCUT2D eigenvalue weighted by Gasteiger charge is -2.61. The molecule has 2 N–H and O–H groups in total. The predicted molar refractivity (Wildman–Crippen MR) is 120 cm³/mol. The van der Waals surface area contributed by atoms with E-state index in [0.29, 0.717) is 17.3 Å². The Labute approximate surface area is 178 Å². The molecule has 4 aliphatic rings. The molecule has 0 spiro atoms. The fraction of sp³-hybridized carbons (Fsp3) is 0.852. The van der Waals surface area contributed by atoms with E-state index in [1.807, 2.05) is 0 Å². The zero-order valence-corrected chi connectivity index (χ0v) is 19.5. The van der Waals surface area contributed by atoms with Gasteiger partial charge in [0.2, 0.25) is 0 Å². The molecule has 8 atom stereocenters. The average Bonchev–Trinajstić information content (AvgIpc) is 3.00. The average molecular weight is 401 g/mol. The summed E-state index contributed by atoms with van der Waals surface area (Å²) in [6.45, 7) is 11.8. The summed E-state index contributed by atoms with van der Waals surface area (Å²) in [6.07, 6.45) is 13.4. The summed E-state index contributed by atoms with van der Waals surface area (Å²) in [4.78, 5) is 0. The molecule has 4 fully saturated rings. The van der Waals surface area contributed by atoms with Gasteiger partial charge in [0.05, 0.1) is 12.2 Å². The molecule has 0 radical (unpaired) electrons. The fourth-order valence-electron chi connectivity index (χ4n) is 8.52. The van der Waals surface area contributed by atoms with Crippen LogP contribution < -0.4 is 0 Å². The molecule has 0 aromatic carbocycles. The highest BCUT2D eigenvalue weighted by atomic mass is 16.3. The van der Waals surface area contributed by atoms with Crippen LogP contribution in [-0.2, 0) is 0 Å². The normalized spacial score (nSPS) is 48.4. The second-order valence-electron chi connectivity index (χ2n) is 11.8. The van der Waals surface area contributed by atoms with Crippen molar-refractivity contribution in [2.24, 2.45) is 34.5 Å². The van der Waals surface area contributed by atoms with Crippen LogP contribution in [0.4, 0.5) is 0 Å². The minimum atomic E-state index is -0.217. The molecule has 2 heteroatoms. The summed E-state index contributed by atoms with van der Waals surface area (Å²) in [7, 11) is 0. The van der Waals surface area contributed by atoms with Gasteiger partial charge in [0.15, 0.2) is 0 Å². The third-order valence-electron chi connectivity index (χ3n) is 10.0. The summed E-state index contributed by atoms with van der Waals surface area (Å²) in [5, 5.41) is 21.4. The van der Waals surface area contributed by atoms with Crippen molar-refractivity contribution in [3.63, 3.8) is 0 Å². The van der Waals surface area contributed by atoms with Crippen molar-refractivity contribution in [1.82, 2.24) is 0 Å².